The third kappa shape index (κ3) is 3.21. The molecule has 1 unspecified atom stereocenters. The maximum atomic E-state index is 13.0. The van der Waals surface area contributed by atoms with Crippen molar-refractivity contribution in [2.24, 2.45) is 0 Å². The number of methoxy groups -OCH3 is 1. The van der Waals surface area contributed by atoms with E-state index in [1.165, 1.54) is 23.3 Å². The number of ketones is 1. The lowest BCUT2D eigenvalue weighted by Crippen LogP contribution is -2.29. The second kappa shape index (κ2) is 7.56. The largest absolute Gasteiger partial charge is 0.507 e. The van der Waals surface area contributed by atoms with Crippen molar-refractivity contribution in [3.05, 3.63) is 87.6 Å². The lowest BCUT2D eigenvalue weighted by atomic mass is 9.99. The minimum absolute atomic E-state index is 0.0579. The van der Waals surface area contributed by atoms with Crippen molar-refractivity contribution in [2.45, 2.75) is 13.0 Å². The van der Waals surface area contributed by atoms with E-state index in [2.05, 4.69) is 0 Å². The molecule has 0 spiro atoms. The van der Waals surface area contributed by atoms with E-state index in [0.29, 0.717) is 17.0 Å². The van der Waals surface area contributed by atoms with Gasteiger partial charge in [0.2, 0.25) is 0 Å². The zero-order chi connectivity index (χ0) is 20.5. The van der Waals surface area contributed by atoms with Gasteiger partial charge in [0.1, 0.15) is 17.6 Å². The third-order valence-electron chi connectivity index (χ3n) is 4.93. The summed E-state index contributed by atoms with van der Waals surface area (Å²) in [5.41, 5.74) is 2.09. The molecule has 4 rings (SSSR count). The van der Waals surface area contributed by atoms with Gasteiger partial charge in [0, 0.05) is 10.6 Å². The van der Waals surface area contributed by atoms with E-state index in [-0.39, 0.29) is 11.3 Å². The molecular formula is C23H19NO4S. The number of carbonyl (C=O) groups is 2. The molecule has 1 aliphatic heterocycles. The van der Waals surface area contributed by atoms with Crippen LogP contribution in [0, 0.1) is 6.92 Å². The average Bonchev–Trinajstić information content (AvgIpc) is 3.35. The summed E-state index contributed by atoms with van der Waals surface area (Å²) in [6.07, 6.45) is 0. The number of anilines is 1. The predicted molar refractivity (Wildman–Crippen MR) is 113 cm³/mol. The number of Topliss-reactive ketones (excluding diaryl/α,β-unsaturated/α-hetero) is 1. The van der Waals surface area contributed by atoms with Crippen LogP contribution in [-0.2, 0) is 9.59 Å². The van der Waals surface area contributed by atoms with Crippen LogP contribution in [0.2, 0.25) is 0 Å². The van der Waals surface area contributed by atoms with E-state index in [1.54, 1.807) is 24.3 Å². The Morgan fingerprint density at radius 2 is 1.76 bits per heavy atom. The molecule has 1 N–H and O–H groups in total. The van der Waals surface area contributed by atoms with E-state index < -0.39 is 17.7 Å². The van der Waals surface area contributed by atoms with Crippen molar-refractivity contribution in [1.82, 2.24) is 0 Å². The van der Waals surface area contributed by atoms with Crippen molar-refractivity contribution >= 4 is 34.5 Å². The summed E-state index contributed by atoms with van der Waals surface area (Å²) in [5.74, 6) is -1.19. The van der Waals surface area contributed by atoms with Gasteiger partial charge in [0.25, 0.3) is 11.7 Å². The molecule has 2 heterocycles. The van der Waals surface area contributed by atoms with Gasteiger partial charge in [-0.15, -0.1) is 11.3 Å². The van der Waals surface area contributed by atoms with E-state index in [9.17, 15) is 14.7 Å². The Balaban J connectivity index is 1.94. The van der Waals surface area contributed by atoms with Crippen LogP contribution in [0.1, 0.15) is 22.0 Å². The molecule has 0 saturated carbocycles. The number of para-hydroxylation sites is 1. The zero-order valence-corrected chi connectivity index (χ0v) is 16.8. The fourth-order valence-electron chi connectivity index (χ4n) is 3.51. The van der Waals surface area contributed by atoms with Crippen LogP contribution >= 0.6 is 11.3 Å². The van der Waals surface area contributed by atoms with Gasteiger partial charge >= 0.3 is 0 Å². The van der Waals surface area contributed by atoms with Gasteiger partial charge in [-0.05, 0) is 42.6 Å². The molecule has 0 radical (unpaired) electrons. The Kier molecular flexibility index (Phi) is 4.94. The number of hydrogen-bond donors (Lipinski definition) is 1. The molecule has 3 aromatic rings. The second-order valence-corrected chi connectivity index (χ2v) is 7.70. The first-order valence-corrected chi connectivity index (χ1v) is 9.95. The molecule has 1 aliphatic rings. The van der Waals surface area contributed by atoms with Gasteiger partial charge < -0.3 is 9.84 Å². The summed E-state index contributed by atoms with van der Waals surface area (Å²) in [6.45, 7) is 1.95. The van der Waals surface area contributed by atoms with Crippen LogP contribution < -0.4 is 9.64 Å². The Morgan fingerprint density at radius 1 is 1.03 bits per heavy atom. The van der Waals surface area contributed by atoms with E-state index >= 15 is 0 Å². The highest BCUT2D eigenvalue weighted by Gasteiger charge is 2.47. The van der Waals surface area contributed by atoms with E-state index in [0.717, 1.165) is 10.4 Å². The summed E-state index contributed by atoms with van der Waals surface area (Å²) in [7, 11) is 1.49. The lowest BCUT2D eigenvalue weighted by Gasteiger charge is -2.24. The van der Waals surface area contributed by atoms with Crippen molar-refractivity contribution in [1.29, 1.82) is 0 Å². The number of carbonyl (C=O) groups excluding carboxylic acids is 2. The first-order chi connectivity index (χ1) is 14.0. The van der Waals surface area contributed by atoms with Crippen LogP contribution in [0.25, 0.3) is 5.76 Å². The first kappa shape index (κ1) is 19.0. The fraction of sp³-hybridized carbons (Fsp3) is 0.130. The van der Waals surface area contributed by atoms with Gasteiger partial charge in [-0.3, -0.25) is 14.5 Å². The number of rotatable bonds is 4. The van der Waals surface area contributed by atoms with Gasteiger partial charge in [-0.2, -0.15) is 0 Å². The van der Waals surface area contributed by atoms with Gasteiger partial charge in [0.05, 0.1) is 18.2 Å². The number of benzene rings is 2. The third-order valence-corrected chi connectivity index (χ3v) is 5.86. The van der Waals surface area contributed by atoms with Crippen LogP contribution in [0.3, 0.4) is 0 Å². The molecule has 0 aliphatic carbocycles. The molecule has 0 bridgehead atoms. The monoisotopic (exact) mass is 405 g/mol. The highest BCUT2D eigenvalue weighted by Crippen LogP contribution is 2.44. The lowest BCUT2D eigenvalue weighted by molar-refractivity contribution is -0.132. The number of thiophene rings is 1. The van der Waals surface area contributed by atoms with Crippen LogP contribution in [-0.4, -0.2) is 23.9 Å². The Labute approximate surface area is 172 Å². The minimum Gasteiger partial charge on any atom is -0.507 e. The number of ether oxygens (including phenoxy) is 1. The number of hydrogen-bond acceptors (Lipinski definition) is 5. The Bertz CT molecular complexity index is 1100. The highest BCUT2D eigenvalue weighted by molar-refractivity contribution is 7.10. The maximum Gasteiger partial charge on any atom is 0.300 e. The van der Waals surface area contributed by atoms with Gasteiger partial charge in [-0.1, -0.05) is 35.9 Å². The molecule has 1 fully saturated rings. The summed E-state index contributed by atoms with van der Waals surface area (Å²) >= 11 is 1.43. The number of nitrogens with zero attached hydrogens (tertiary/aromatic N) is 1. The Morgan fingerprint density at radius 3 is 2.41 bits per heavy atom. The summed E-state index contributed by atoms with van der Waals surface area (Å²) in [6, 6.07) is 17.3. The standard InChI is InChI=1S/C23H19NO4S/c1-14-9-11-15(12-10-14)24-20(18-8-5-13-29-18)19(22(26)23(24)27)21(25)16-6-3-4-7-17(16)28-2/h3-13,20,25H,1-2H3/b21-19-. The van der Waals surface area contributed by atoms with Crippen LogP contribution in [0.15, 0.2) is 71.6 Å². The molecule has 2 aromatic carbocycles. The van der Waals surface area contributed by atoms with Crippen molar-refractivity contribution < 1.29 is 19.4 Å². The topological polar surface area (TPSA) is 66.8 Å². The molecule has 1 atom stereocenters. The number of amides is 1. The van der Waals surface area contributed by atoms with Crippen molar-refractivity contribution in [2.75, 3.05) is 12.0 Å². The fourth-order valence-corrected chi connectivity index (χ4v) is 4.33. The molecule has 1 aromatic heterocycles. The number of aliphatic hydroxyl groups is 1. The molecule has 29 heavy (non-hydrogen) atoms. The smallest absolute Gasteiger partial charge is 0.300 e. The predicted octanol–water partition coefficient (Wildman–Crippen LogP) is 4.69. The number of aryl methyl sites for hydroxylation is 1. The van der Waals surface area contributed by atoms with Gasteiger partial charge in [-0.25, -0.2) is 0 Å². The average molecular weight is 405 g/mol. The normalized spacial score (nSPS) is 18.3. The molecule has 1 amide bonds. The Hall–Kier alpha value is -3.38. The van der Waals surface area contributed by atoms with Crippen molar-refractivity contribution in [3.8, 4) is 5.75 Å². The second-order valence-electron chi connectivity index (χ2n) is 6.72. The zero-order valence-electron chi connectivity index (χ0n) is 16.0. The van der Waals surface area contributed by atoms with Crippen molar-refractivity contribution in [3.63, 3.8) is 0 Å². The van der Waals surface area contributed by atoms with Crippen LogP contribution in [0.5, 0.6) is 5.75 Å². The first-order valence-electron chi connectivity index (χ1n) is 9.07. The summed E-state index contributed by atoms with van der Waals surface area (Å²) < 4.78 is 5.34. The molecule has 1 saturated heterocycles. The molecule has 5 nitrogen and oxygen atoms in total. The highest BCUT2D eigenvalue weighted by atomic mass is 32.1. The number of aliphatic hydroxyl groups excluding tert-OH is 1. The van der Waals surface area contributed by atoms with E-state index in [1.807, 2.05) is 48.7 Å². The van der Waals surface area contributed by atoms with E-state index in [4.69, 9.17) is 4.74 Å². The summed E-state index contributed by atoms with van der Waals surface area (Å²) in [5, 5.41) is 13.0. The maximum absolute atomic E-state index is 13.0. The molecular weight excluding hydrogens is 386 g/mol. The minimum atomic E-state index is -0.715. The summed E-state index contributed by atoms with van der Waals surface area (Å²) in [4.78, 5) is 28.3. The van der Waals surface area contributed by atoms with Gasteiger partial charge in [0.15, 0.2) is 0 Å². The quantitative estimate of drug-likeness (QED) is 0.388. The van der Waals surface area contributed by atoms with Crippen LogP contribution in [0.4, 0.5) is 5.69 Å². The molecule has 6 heteroatoms. The molecule has 146 valence electrons. The SMILES string of the molecule is COc1ccccc1/C(O)=C1/C(=O)C(=O)N(c2ccc(C)cc2)C1c1cccs1.